The van der Waals surface area contributed by atoms with Crippen molar-refractivity contribution in [1.29, 1.82) is 0 Å². The van der Waals surface area contributed by atoms with Crippen LogP contribution in [0.3, 0.4) is 0 Å². The monoisotopic (exact) mass is 223 g/mol. The Hall–Kier alpha value is -1.31. The fraction of sp³-hybridized carbons (Fsp3) is 0.500. The maximum absolute atomic E-state index is 11.2. The number of rotatable bonds is 2. The average molecular weight is 223 g/mol. The van der Waals surface area contributed by atoms with Crippen LogP contribution in [0.5, 0.6) is 0 Å². The van der Waals surface area contributed by atoms with E-state index in [0.29, 0.717) is 6.54 Å². The largest absolute Gasteiger partial charge is 0.352 e. The van der Waals surface area contributed by atoms with Gasteiger partial charge >= 0.3 is 0 Å². The molecule has 0 aromatic heterocycles. The van der Waals surface area contributed by atoms with Gasteiger partial charge in [-0.05, 0) is 26.0 Å². The molecule has 0 aliphatic carbocycles. The Labute approximate surface area is 100 Å². The van der Waals surface area contributed by atoms with Crippen LogP contribution in [0.4, 0.5) is 0 Å². The average Bonchev–Trinajstić information content (AvgIpc) is 2.35. The lowest BCUT2D eigenvalue weighted by Crippen LogP contribution is -2.22. The summed E-state index contributed by atoms with van der Waals surface area (Å²) >= 11 is 0. The third kappa shape index (κ3) is 7.04. The Balaban J connectivity index is 0. The predicted molar refractivity (Wildman–Crippen MR) is 71.9 cm³/mol. The first kappa shape index (κ1) is 17.1. The van der Waals surface area contributed by atoms with Crippen molar-refractivity contribution in [3.63, 3.8) is 0 Å². The van der Waals surface area contributed by atoms with Gasteiger partial charge in [0.05, 0.1) is 0 Å². The number of hydrogen-bond donors (Lipinski definition) is 1. The minimum atomic E-state index is -0.00231. The van der Waals surface area contributed by atoms with Crippen molar-refractivity contribution in [1.82, 2.24) is 5.32 Å². The summed E-state index contributed by atoms with van der Waals surface area (Å²) in [7, 11) is 0. The van der Waals surface area contributed by atoms with Gasteiger partial charge < -0.3 is 5.32 Å². The molecule has 0 saturated carbocycles. The molecule has 0 spiro atoms. The van der Waals surface area contributed by atoms with Gasteiger partial charge in [-0.3, -0.25) is 4.79 Å². The van der Waals surface area contributed by atoms with Crippen molar-refractivity contribution in [3.8, 4) is 0 Å². The van der Waals surface area contributed by atoms with Crippen LogP contribution in [-0.2, 0) is 0 Å². The molecule has 0 fully saturated rings. The Kier molecular flexibility index (Phi) is 12.6. The van der Waals surface area contributed by atoms with Crippen LogP contribution in [-0.4, -0.2) is 12.5 Å². The van der Waals surface area contributed by atoms with Crippen molar-refractivity contribution in [3.05, 3.63) is 35.4 Å². The third-order valence-electron chi connectivity index (χ3n) is 1.65. The standard InChI is InChI=1S/C10H13NO.2C2H6/c1-3-11-10(12)9-6-4-8(2)5-7-9;2*1-2/h4-7H,3H2,1-2H3,(H,11,12);2*1-2H3. The van der Waals surface area contributed by atoms with E-state index < -0.39 is 0 Å². The van der Waals surface area contributed by atoms with Crippen LogP contribution < -0.4 is 5.32 Å². The molecule has 2 nitrogen and oxygen atoms in total. The Morgan fingerprint density at radius 3 is 1.88 bits per heavy atom. The van der Waals surface area contributed by atoms with Crippen LogP contribution >= 0.6 is 0 Å². The molecule has 0 heterocycles. The molecule has 0 radical (unpaired) electrons. The molecular weight excluding hydrogens is 198 g/mol. The zero-order chi connectivity index (χ0) is 13.0. The third-order valence-corrected chi connectivity index (χ3v) is 1.65. The molecule has 1 N–H and O–H groups in total. The highest BCUT2D eigenvalue weighted by Gasteiger charge is 2.01. The first-order valence-corrected chi connectivity index (χ1v) is 6.09. The summed E-state index contributed by atoms with van der Waals surface area (Å²) in [6.07, 6.45) is 0. The van der Waals surface area contributed by atoms with E-state index in [1.54, 1.807) is 0 Å². The second-order valence-corrected chi connectivity index (χ2v) is 2.73. The molecule has 0 bridgehead atoms. The summed E-state index contributed by atoms with van der Waals surface area (Å²) in [5, 5.41) is 2.74. The zero-order valence-electron chi connectivity index (χ0n) is 11.4. The van der Waals surface area contributed by atoms with E-state index in [4.69, 9.17) is 0 Å². The van der Waals surface area contributed by atoms with Gasteiger partial charge in [-0.1, -0.05) is 45.4 Å². The van der Waals surface area contributed by atoms with E-state index in [0.717, 1.165) is 5.56 Å². The summed E-state index contributed by atoms with van der Waals surface area (Å²) in [5.74, 6) is -0.00231. The van der Waals surface area contributed by atoms with Crippen LogP contribution in [0.15, 0.2) is 24.3 Å². The van der Waals surface area contributed by atoms with Crippen LogP contribution in [0, 0.1) is 6.92 Å². The van der Waals surface area contributed by atoms with Gasteiger partial charge in [0.25, 0.3) is 5.91 Å². The smallest absolute Gasteiger partial charge is 0.251 e. The van der Waals surface area contributed by atoms with Crippen LogP contribution in [0.2, 0.25) is 0 Å². The number of hydrogen-bond acceptors (Lipinski definition) is 1. The van der Waals surface area contributed by atoms with Gasteiger partial charge in [0.2, 0.25) is 0 Å². The highest BCUT2D eigenvalue weighted by Crippen LogP contribution is 2.02. The molecule has 0 atom stereocenters. The molecule has 0 saturated heterocycles. The Morgan fingerprint density at radius 1 is 1.06 bits per heavy atom. The molecule has 1 rings (SSSR count). The minimum absolute atomic E-state index is 0.00231. The lowest BCUT2D eigenvalue weighted by Gasteiger charge is -2.01. The van der Waals surface area contributed by atoms with E-state index in [1.807, 2.05) is 65.8 Å². The molecule has 16 heavy (non-hydrogen) atoms. The van der Waals surface area contributed by atoms with Gasteiger partial charge in [0.1, 0.15) is 0 Å². The lowest BCUT2D eigenvalue weighted by molar-refractivity contribution is 0.0956. The van der Waals surface area contributed by atoms with E-state index >= 15 is 0 Å². The quantitative estimate of drug-likeness (QED) is 0.812. The second-order valence-electron chi connectivity index (χ2n) is 2.73. The van der Waals surface area contributed by atoms with E-state index in [2.05, 4.69) is 5.32 Å². The van der Waals surface area contributed by atoms with Crippen LogP contribution in [0.1, 0.15) is 50.5 Å². The molecule has 1 aromatic rings. The van der Waals surface area contributed by atoms with Crippen molar-refractivity contribution < 1.29 is 4.79 Å². The first-order valence-electron chi connectivity index (χ1n) is 6.09. The van der Waals surface area contributed by atoms with Crippen molar-refractivity contribution in [2.24, 2.45) is 0 Å². The normalized spacial score (nSPS) is 7.88. The maximum Gasteiger partial charge on any atom is 0.251 e. The molecule has 1 amide bonds. The Morgan fingerprint density at radius 2 is 1.50 bits per heavy atom. The van der Waals surface area contributed by atoms with Crippen molar-refractivity contribution >= 4 is 5.91 Å². The Bertz CT molecular complexity index is 265. The minimum Gasteiger partial charge on any atom is -0.352 e. The molecule has 1 aromatic carbocycles. The number of carbonyl (C=O) groups is 1. The molecule has 0 aliphatic heterocycles. The second kappa shape index (κ2) is 11.8. The zero-order valence-corrected chi connectivity index (χ0v) is 11.4. The van der Waals surface area contributed by atoms with Gasteiger partial charge in [0.15, 0.2) is 0 Å². The topological polar surface area (TPSA) is 29.1 Å². The number of carbonyl (C=O) groups excluding carboxylic acids is 1. The number of aryl methyl sites for hydroxylation is 1. The predicted octanol–water partition coefficient (Wildman–Crippen LogP) is 3.80. The number of amides is 1. The molecule has 2 heteroatoms. The van der Waals surface area contributed by atoms with Crippen molar-refractivity contribution in [2.45, 2.75) is 41.5 Å². The molecule has 92 valence electrons. The van der Waals surface area contributed by atoms with Gasteiger partial charge in [-0.15, -0.1) is 0 Å². The van der Waals surface area contributed by atoms with E-state index in [9.17, 15) is 4.79 Å². The summed E-state index contributed by atoms with van der Waals surface area (Å²) in [6, 6.07) is 7.54. The molecular formula is C14H25NO. The molecule has 0 aliphatic rings. The number of nitrogens with one attached hydrogen (secondary N) is 1. The fourth-order valence-corrected chi connectivity index (χ4v) is 0.968. The van der Waals surface area contributed by atoms with Gasteiger partial charge in [-0.25, -0.2) is 0 Å². The van der Waals surface area contributed by atoms with Crippen LogP contribution in [0.25, 0.3) is 0 Å². The number of benzene rings is 1. The summed E-state index contributed by atoms with van der Waals surface area (Å²) < 4.78 is 0. The SMILES string of the molecule is CC.CC.CCNC(=O)c1ccc(C)cc1. The fourth-order valence-electron chi connectivity index (χ4n) is 0.968. The summed E-state index contributed by atoms with van der Waals surface area (Å²) in [5.41, 5.74) is 1.89. The van der Waals surface area contributed by atoms with E-state index in [-0.39, 0.29) is 5.91 Å². The molecule has 0 unspecified atom stereocenters. The summed E-state index contributed by atoms with van der Waals surface area (Å²) in [6.45, 7) is 12.6. The first-order chi connectivity index (χ1) is 7.74. The highest BCUT2D eigenvalue weighted by molar-refractivity contribution is 5.94. The van der Waals surface area contributed by atoms with Gasteiger partial charge in [0, 0.05) is 12.1 Å². The highest BCUT2D eigenvalue weighted by atomic mass is 16.1. The summed E-state index contributed by atoms with van der Waals surface area (Å²) in [4.78, 5) is 11.2. The van der Waals surface area contributed by atoms with Crippen molar-refractivity contribution in [2.75, 3.05) is 6.54 Å². The van der Waals surface area contributed by atoms with Gasteiger partial charge in [-0.2, -0.15) is 0 Å². The lowest BCUT2D eigenvalue weighted by atomic mass is 10.1. The van der Waals surface area contributed by atoms with E-state index in [1.165, 1.54) is 5.56 Å². The maximum atomic E-state index is 11.2.